The Labute approximate surface area is 357 Å². The van der Waals surface area contributed by atoms with E-state index in [0.717, 1.165) is 89.1 Å². The van der Waals surface area contributed by atoms with Crippen molar-refractivity contribution in [3.8, 4) is 39.8 Å². The van der Waals surface area contributed by atoms with Crippen molar-refractivity contribution in [2.75, 3.05) is 0 Å². The largest absolute Gasteiger partial charge is 0.457 e. The zero-order chi connectivity index (χ0) is 40.8. The monoisotopic (exact) mass is 792 g/mol. The van der Waals surface area contributed by atoms with Gasteiger partial charge in [0.2, 0.25) is 0 Å². The van der Waals surface area contributed by atoms with E-state index in [1.165, 1.54) is 22.1 Å². The van der Waals surface area contributed by atoms with Crippen LogP contribution in [0.2, 0.25) is 0 Å². The predicted octanol–water partition coefficient (Wildman–Crippen LogP) is 14.0. The molecule has 12 aromatic rings. The van der Waals surface area contributed by atoms with Crippen molar-refractivity contribution in [1.82, 2.24) is 18.9 Å². The molecular formula is C57H36N4O. The zero-order valence-electron chi connectivity index (χ0n) is 33.5. The summed E-state index contributed by atoms with van der Waals surface area (Å²) >= 11 is 0. The molecule has 13 rings (SSSR count). The number of rotatable bonds is 6. The minimum atomic E-state index is -0.580. The number of nitrogens with zero attached hydrogens (tertiary/aromatic N) is 4. The van der Waals surface area contributed by atoms with E-state index in [4.69, 9.17) is 14.7 Å². The second kappa shape index (κ2) is 13.4. The van der Waals surface area contributed by atoms with Crippen LogP contribution in [0, 0.1) is 0 Å². The van der Waals surface area contributed by atoms with Crippen LogP contribution in [-0.2, 0) is 5.41 Å². The summed E-state index contributed by atoms with van der Waals surface area (Å²) in [5.41, 5.74) is 12.6. The van der Waals surface area contributed by atoms with Gasteiger partial charge < -0.3 is 4.74 Å². The average Bonchev–Trinajstić information content (AvgIpc) is 3.91. The van der Waals surface area contributed by atoms with Crippen LogP contribution in [0.1, 0.15) is 22.3 Å². The molecule has 0 saturated carbocycles. The molecule has 1 aliphatic heterocycles. The third-order valence-corrected chi connectivity index (χ3v) is 12.9. The van der Waals surface area contributed by atoms with Gasteiger partial charge in [0.1, 0.15) is 23.0 Å². The van der Waals surface area contributed by atoms with Crippen LogP contribution in [0.4, 0.5) is 0 Å². The number of hydrogen-bond donors (Lipinski definition) is 0. The van der Waals surface area contributed by atoms with Crippen molar-refractivity contribution in [3.05, 3.63) is 241 Å². The molecule has 5 nitrogen and oxygen atoms in total. The van der Waals surface area contributed by atoms with E-state index in [1.54, 1.807) is 0 Å². The van der Waals surface area contributed by atoms with E-state index in [0.29, 0.717) is 0 Å². The fourth-order valence-electron chi connectivity index (χ4n) is 10.3. The van der Waals surface area contributed by atoms with Crippen LogP contribution in [0.25, 0.3) is 77.5 Å². The summed E-state index contributed by atoms with van der Waals surface area (Å²) in [7, 11) is 0. The van der Waals surface area contributed by atoms with E-state index >= 15 is 0 Å². The average molecular weight is 793 g/mol. The summed E-state index contributed by atoms with van der Waals surface area (Å²) in [5, 5.41) is 5.62. The first-order valence-electron chi connectivity index (χ1n) is 21.1. The molecule has 0 saturated heterocycles. The Kier molecular flexibility index (Phi) is 7.45. The topological polar surface area (TPSA) is 44.3 Å². The molecule has 0 bridgehead atoms. The van der Waals surface area contributed by atoms with Gasteiger partial charge in [-0.15, -0.1) is 0 Å². The number of ether oxygens (including phenoxy) is 1. The lowest BCUT2D eigenvalue weighted by atomic mass is 9.63. The van der Waals surface area contributed by atoms with Crippen molar-refractivity contribution < 1.29 is 4.74 Å². The van der Waals surface area contributed by atoms with Gasteiger partial charge in [0.05, 0.1) is 33.4 Å². The summed E-state index contributed by atoms with van der Waals surface area (Å²) in [5.74, 6) is 2.40. The summed E-state index contributed by atoms with van der Waals surface area (Å²) < 4.78 is 11.6. The number of hydrogen-bond acceptors (Lipinski definition) is 3. The highest BCUT2D eigenvalue weighted by Gasteiger charge is 2.45. The Morgan fingerprint density at radius 1 is 0.435 bits per heavy atom. The van der Waals surface area contributed by atoms with Crippen LogP contribution in [0.3, 0.4) is 0 Å². The molecule has 290 valence electrons. The Morgan fingerprint density at radius 2 is 1.03 bits per heavy atom. The smallest absolute Gasteiger partial charge is 0.146 e. The number of imidazole rings is 1. The first-order chi connectivity index (χ1) is 30.8. The van der Waals surface area contributed by atoms with Crippen LogP contribution in [0.15, 0.2) is 219 Å². The van der Waals surface area contributed by atoms with Gasteiger partial charge in [0.15, 0.2) is 0 Å². The number of aromatic nitrogens is 4. The third kappa shape index (κ3) is 4.84. The second-order valence-corrected chi connectivity index (χ2v) is 16.1. The lowest BCUT2D eigenvalue weighted by Gasteiger charge is -2.41. The molecule has 62 heavy (non-hydrogen) atoms. The predicted molar refractivity (Wildman–Crippen MR) is 252 cm³/mol. The van der Waals surface area contributed by atoms with E-state index in [9.17, 15) is 0 Å². The summed E-state index contributed by atoms with van der Waals surface area (Å²) in [6, 6.07) is 75.4. The normalized spacial score (nSPS) is 13.0. The fourth-order valence-corrected chi connectivity index (χ4v) is 10.3. The van der Waals surface area contributed by atoms with Gasteiger partial charge in [-0.25, -0.2) is 9.97 Å². The summed E-state index contributed by atoms with van der Waals surface area (Å²) in [4.78, 5) is 10.6. The van der Waals surface area contributed by atoms with Gasteiger partial charge in [0.25, 0.3) is 0 Å². The minimum absolute atomic E-state index is 0.580. The van der Waals surface area contributed by atoms with Crippen LogP contribution in [0.5, 0.6) is 11.5 Å². The van der Waals surface area contributed by atoms with E-state index in [-0.39, 0.29) is 0 Å². The summed E-state index contributed by atoms with van der Waals surface area (Å²) in [6.45, 7) is 0. The third-order valence-electron chi connectivity index (χ3n) is 12.9. The molecule has 0 spiro atoms. The molecule has 8 aromatic carbocycles. The fraction of sp³-hybridized carbons (Fsp3) is 0.0175. The Hall–Kier alpha value is -8.28. The van der Waals surface area contributed by atoms with Gasteiger partial charge >= 0.3 is 0 Å². The van der Waals surface area contributed by atoms with Crippen molar-refractivity contribution in [1.29, 1.82) is 0 Å². The highest BCUT2D eigenvalue weighted by atomic mass is 16.5. The number of benzene rings is 8. The van der Waals surface area contributed by atoms with Crippen LogP contribution >= 0.6 is 0 Å². The SMILES string of the molecule is c1ccc(-c2nc3c4cc(Oc5ccc6c7cccc8c7n(c6c5)-c5ncccc5C8(c5ccccc5)c5ccccc5)ccc4c4ccccc4n3c2-c2ccccc2)cc1. The van der Waals surface area contributed by atoms with Crippen molar-refractivity contribution >= 4 is 49.1 Å². The number of para-hydroxylation sites is 2. The molecule has 0 fully saturated rings. The molecule has 5 heteroatoms. The molecule has 0 N–H and O–H groups in total. The molecule has 5 heterocycles. The standard InChI is InChI=1S/C57H36N4O/c1-5-17-37(18-6-1)52-53(38-19-7-2-8-20-38)60-50-29-14-13-25-44(50)43-32-30-41(35-47(43)55(60)59-52)62-42-31-33-45-46-26-15-27-48-54(46)61(51(45)36-42)56-49(28-16-34-58-56)57(48,39-21-9-3-10-22-39)40-23-11-4-12-24-40/h1-36H. The quantitative estimate of drug-likeness (QED) is 0.158. The Morgan fingerprint density at radius 3 is 1.77 bits per heavy atom. The molecule has 0 unspecified atom stereocenters. The van der Waals surface area contributed by atoms with Crippen LogP contribution in [-0.4, -0.2) is 18.9 Å². The first kappa shape index (κ1) is 34.6. The molecule has 0 aliphatic carbocycles. The minimum Gasteiger partial charge on any atom is -0.457 e. The Bertz CT molecular complexity index is 3670. The molecule has 0 atom stereocenters. The van der Waals surface area contributed by atoms with Gasteiger partial charge in [-0.3, -0.25) is 8.97 Å². The van der Waals surface area contributed by atoms with Gasteiger partial charge in [0, 0.05) is 50.5 Å². The lowest BCUT2D eigenvalue weighted by molar-refractivity contribution is 0.484. The first-order valence-corrected chi connectivity index (χ1v) is 21.1. The molecule has 0 amide bonds. The highest BCUT2D eigenvalue weighted by Crippen LogP contribution is 2.54. The molecule has 0 radical (unpaired) electrons. The van der Waals surface area contributed by atoms with E-state index in [1.807, 2.05) is 6.20 Å². The van der Waals surface area contributed by atoms with Gasteiger partial charge in [-0.2, -0.15) is 0 Å². The Balaban J connectivity index is 1.02. The van der Waals surface area contributed by atoms with Crippen molar-refractivity contribution in [2.24, 2.45) is 0 Å². The lowest BCUT2D eigenvalue weighted by Crippen LogP contribution is -2.35. The number of pyridine rings is 2. The van der Waals surface area contributed by atoms with Gasteiger partial charge in [-0.1, -0.05) is 164 Å². The van der Waals surface area contributed by atoms with Crippen molar-refractivity contribution in [2.45, 2.75) is 5.41 Å². The number of fused-ring (bicyclic) bond motifs is 11. The van der Waals surface area contributed by atoms with E-state index in [2.05, 4.69) is 221 Å². The maximum absolute atomic E-state index is 6.90. The maximum atomic E-state index is 6.90. The highest BCUT2D eigenvalue weighted by molar-refractivity contribution is 6.14. The van der Waals surface area contributed by atoms with Crippen molar-refractivity contribution in [3.63, 3.8) is 0 Å². The molecular weight excluding hydrogens is 757 g/mol. The molecule has 4 aromatic heterocycles. The zero-order valence-corrected chi connectivity index (χ0v) is 33.5. The second-order valence-electron chi connectivity index (χ2n) is 16.1. The maximum Gasteiger partial charge on any atom is 0.146 e. The molecule has 1 aliphatic rings. The van der Waals surface area contributed by atoms with E-state index < -0.39 is 5.41 Å². The summed E-state index contributed by atoms with van der Waals surface area (Å²) in [6.07, 6.45) is 1.91. The van der Waals surface area contributed by atoms with Crippen LogP contribution < -0.4 is 4.74 Å². The van der Waals surface area contributed by atoms with Gasteiger partial charge in [-0.05, 0) is 64.5 Å².